The largest absolute Gasteiger partial charge is 0.472 e. The Hall–Kier alpha value is -3.09. The molecule has 0 aromatic carbocycles. The molecule has 0 amide bonds. The maximum Gasteiger partial charge on any atom is 0.472 e. The van der Waals surface area contributed by atoms with E-state index in [0.29, 0.717) is 5.82 Å². The van der Waals surface area contributed by atoms with Crippen LogP contribution in [0.1, 0.15) is 31.1 Å². The zero-order valence-electron chi connectivity index (χ0n) is 19.9. The molecular formula is C19H25N8O10P. The highest BCUT2D eigenvalue weighted by atomic mass is 31.2. The lowest BCUT2D eigenvalue weighted by Gasteiger charge is -2.21. The second-order valence-electron chi connectivity index (χ2n) is 8.77. The maximum absolute atomic E-state index is 12.7. The molecule has 19 heteroatoms. The number of rotatable bonds is 8. The molecule has 2 aliphatic heterocycles. The Morgan fingerprint density at radius 2 is 1.87 bits per heavy atom. The van der Waals surface area contributed by atoms with Gasteiger partial charge in [-0.25, -0.2) is 24.3 Å². The van der Waals surface area contributed by atoms with Crippen molar-refractivity contribution in [3.05, 3.63) is 39.3 Å². The molecule has 3 aromatic heterocycles. The summed E-state index contributed by atoms with van der Waals surface area (Å²) in [7, 11) is -4.74. The molecule has 6 N–H and O–H groups in total. The number of nitrogens with two attached hydrogens (primary N) is 1. The van der Waals surface area contributed by atoms with E-state index in [1.807, 2.05) is 0 Å². The van der Waals surface area contributed by atoms with Crippen LogP contribution in [0.4, 0.5) is 5.95 Å². The summed E-state index contributed by atoms with van der Waals surface area (Å²) in [5.41, 5.74) is 4.57. The Bertz CT molecular complexity index is 1490. The Balaban J connectivity index is 1.22. The van der Waals surface area contributed by atoms with Gasteiger partial charge >= 0.3 is 13.5 Å². The van der Waals surface area contributed by atoms with Gasteiger partial charge in [-0.15, -0.1) is 0 Å². The number of aromatic amines is 1. The van der Waals surface area contributed by atoms with Crippen LogP contribution >= 0.6 is 7.82 Å². The van der Waals surface area contributed by atoms with Crippen molar-refractivity contribution in [2.75, 3.05) is 18.9 Å². The molecule has 2 saturated heterocycles. The smallest absolute Gasteiger partial charge is 0.394 e. The number of aromatic nitrogens is 7. The molecule has 18 nitrogen and oxygen atoms in total. The molecule has 2 fully saturated rings. The number of imidazole rings is 1. The Morgan fingerprint density at radius 3 is 2.61 bits per heavy atom. The summed E-state index contributed by atoms with van der Waals surface area (Å²) in [6.45, 7) is 0.517. The van der Waals surface area contributed by atoms with Gasteiger partial charge in [-0.3, -0.25) is 23.0 Å². The molecule has 5 rings (SSSR count). The number of aryl methyl sites for hydroxylation is 1. The molecule has 7 atom stereocenters. The summed E-state index contributed by atoms with van der Waals surface area (Å²) >= 11 is 0. The molecule has 38 heavy (non-hydrogen) atoms. The third kappa shape index (κ3) is 5.25. The molecule has 3 aromatic rings. The fourth-order valence-electron chi connectivity index (χ4n) is 4.35. The minimum absolute atomic E-state index is 0.0761. The van der Waals surface area contributed by atoms with Crippen LogP contribution in [-0.4, -0.2) is 86.8 Å². The summed E-state index contributed by atoms with van der Waals surface area (Å²) in [6, 6.07) is 0. The van der Waals surface area contributed by atoms with Crippen molar-refractivity contribution in [1.29, 1.82) is 0 Å². The van der Waals surface area contributed by atoms with Crippen molar-refractivity contribution in [2.45, 2.75) is 56.6 Å². The van der Waals surface area contributed by atoms with Crippen LogP contribution in [0.15, 0.2) is 22.2 Å². The van der Waals surface area contributed by atoms with Crippen LogP contribution in [0, 0.1) is 6.92 Å². The van der Waals surface area contributed by atoms with Crippen molar-refractivity contribution in [3.63, 3.8) is 0 Å². The van der Waals surface area contributed by atoms with E-state index in [2.05, 4.69) is 24.9 Å². The van der Waals surface area contributed by atoms with Gasteiger partial charge in [0.05, 0.1) is 25.6 Å². The maximum atomic E-state index is 12.7. The highest BCUT2D eigenvalue weighted by Gasteiger charge is 2.43. The normalized spacial score (nSPS) is 29.2. The molecule has 0 saturated carbocycles. The van der Waals surface area contributed by atoms with E-state index in [-0.39, 0.29) is 30.0 Å². The molecule has 0 bridgehead atoms. The summed E-state index contributed by atoms with van der Waals surface area (Å²) in [4.78, 5) is 52.5. The predicted octanol–water partition coefficient (Wildman–Crippen LogP) is -1.91. The number of aliphatic hydroxyl groups excluding tert-OH is 2. The molecule has 0 radical (unpaired) electrons. The Kier molecular flexibility index (Phi) is 7.14. The van der Waals surface area contributed by atoms with Crippen LogP contribution in [0.3, 0.4) is 0 Å². The number of phosphoric ester groups is 1. The number of nitrogens with zero attached hydrogens (tertiary/aromatic N) is 6. The number of H-pyrrole nitrogens is 1. The van der Waals surface area contributed by atoms with E-state index < -0.39 is 69.2 Å². The molecular weight excluding hydrogens is 531 g/mol. The number of nitrogen functional groups attached to an aromatic ring is 1. The molecule has 2 aliphatic rings. The second-order valence-corrected chi connectivity index (χ2v) is 10.2. The zero-order chi connectivity index (χ0) is 27.2. The number of nitrogens with one attached hydrogen (secondary N) is 1. The topological polar surface area (TPSA) is 252 Å². The van der Waals surface area contributed by atoms with Gasteiger partial charge in [0.25, 0.3) is 5.56 Å². The molecule has 206 valence electrons. The lowest BCUT2D eigenvalue weighted by molar-refractivity contribution is -0.0565. The van der Waals surface area contributed by atoms with Crippen LogP contribution in [0.5, 0.6) is 0 Å². The summed E-state index contributed by atoms with van der Waals surface area (Å²) < 4.78 is 36.8. The average Bonchev–Trinajstić information content (AvgIpc) is 3.54. The van der Waals surface area contributed by atoms with Gasteiger partial charge in [0, 0.05) is 12.8 Å². The molecule has 0 spiro atoms. The number of aliphatic hydroxyl groups is 2. The van der Waals surface area contributed by atoms with E-state index >= 15 is 0 Å². The van der Waals surface area contributed by atoms with Gasteiger partial charge in [-0.05, 0) is 6.92 Å². The third-order valence-electron chi connectivity index (χ3n) is 6.15. The van der Waals surface area contributed by atoms with Crippen molar-refractivity contribution < 1.29 is 38.2 Å². The van der Waals surface area contributed by atoms with Gasteiger partial charge in [0.15, 0.2) is 11.2 Å². The summed E-state index contributed by atoms with van der Waals surface area (Å²) in [5, 5.41) is 20.1. The zero-order valence-corrected chi connectivity index (χ0v) is 20.7. The number of hydrogen-bond acceptors (Lipinski definition) is 14. The number of ether oxygens (including phenoxy) is 2. The minimum atomic E-state index is -4.74. The Morgan fingerprint density at radius 1 is 1.16 bits per heavy atom. The van der Waals surface area contributed by atoms with Crippen molar-refractivity contribution in [3.8, 4) is 0 Å². The van der Waals surface area contributed by atoms with E-state index in [1.165, 1.54) is 10.9 Å². The lowest BCUT2D eigenvalue weighted by atomic mass is 10.2. The summed E-state index contributed by atoms with van der Waals surface area (Å²) in [5.74, 6) is 0.137. The first-order valence-corrected chi connectivity index (χ1v) is 12.9. The van der Waals surface area contributed by atoms with Crippen molar-refractivity contribution in [1.82, 2.24) is 34.1 Å². The van der Waals surface area contributed by atoms with Gasteiger partial charge in [-0.2, -0.15) is 4.98 Å². The molecule has 2 unspecified atom stereocenters. The number of hydrogen-bond donors (Lipinski definition) is 5. The predicted molar refractivity (Wildman–Crippen MR) is 124 cm³/mol. The van der Waals surface area contributed by atoms with Crippen molar-refractivity contribution >= 4 is 24.9 Å². The number of phosphoric acid groups is 1. The first kappa shape index (κ1) is 26.5. The minimum Gasteiger partial charge on any atom is -0.394 e. The first-order valence-electron chi connectivity index (χ1n) is 11.4. The van der Waals surface area contributed by atoms with Crippen LogP contribution < -0.4 is 17.0 Å². The first-order chi connectivity index (χ1) is 18.0. The number of anilines is 1. The standard InChI is InChI=1S/C19H25N8O10P/c1-8-23-16-15(17(30)24-8)21-6-26(16)13-2-9(29)12(36-13)5-34-38(32,33)37-10-3-14(35-11(10)4-28)27-7-22-18(20)25-19(27)31/h6-7,9-14,28-29H,2-5H2,1H3,(H,32,33)(H2,20,25,31)(H,23,24,30)/t9-,10-,11?,12-,13-,14+/m1/s1. The third-order valence-corrected chi connectivity index (χ3v) is 7.16. The number of fused-ring (bicyclic) bond motifs is 1. The lowest BCUT2D eigenvalue weighted by Crippen LogP contribution is -2.29. The van der Waals surface area contributed by atoms with Crippen LogP contribution in [0.2, 0.25) is 0 Å². The van der Waals surface area contributed by atoms with E-state index in [0.717, 1.165) is 10.9 Å². The fraction of sp³-hybridized carbons (Fsp3) is 0.579. The second kappa shape index (κ2) is 10.2. The van der Waals surface area contributed by atoms with E-state index in [9.17, 15) is 29.3 Å². The highest BCUT2D eigenvalue weighted by Crippen LogP contribution is 2.49. The monoisotopic (exact) mass is 556 g/mol. The summed E-state index contributed by atoms with van der Waals surface area (Å²) in [6.07, 6.45) is -3.60. The molecule has 0 aliphatic carbocycles. The van der Waals surface area contributed by atoms with Crippen molar-refractivity contribution in [2.24, 2.45) is 0 Å². The highest BCUT2D eigenvalue weighted by molar-refractivity contribution is 7.47. The van der Waals surface area contributed by atoms with E-state index in [1.54, 1.807) is 6.92 Å². The van der Waals surface area contributed by atoms with E-state index in [4.69, 9.17) is 24.3 Å². The van der Waals surface area contributed by atoms with Gasteiger partial charge in [-0.1, -0.05) is 0 Å². The SMILES string of the molecule is Cc1nc2c(ncn2[C@H]2C[C@@H](O)[C@@H](COP(=O)(O)O[C@@H]3C[C@@H](n4cnc(N)nc4=O)OC3CO)O2)c(=O)[nH]1. The average molecular weight is 556 g/mol. The van der Waals surface area contributed by atoms with Crippen LogP contribution in [-0.2, 0) is 23.1 Å². The quantitative estimate of drug-likeness (QED) is 0.190. The fourth-order valence-corrected chi connectivity index (χ4v) is 5.31. The van der Waals surface area contributed by atoms with Gasteiger partial charge in [0.2, 0.25) is 5.95 Å². The van der Waals surface area contributed by atoms with Crippen LogP contribution in [0.25, 0.3) is 11.2 Å². The molecule has 5 heterocycles. The van der Waals surface area contributed by atoms with Gasteiger partial charge in [0.1, 0.15) is 42.9 Å². The van der Waals surface area contributed by atoms with Gasteiger partial charge < -0.3 is 35.3 Å². The Labute approximate surface area is 212 Å².